The number of carbonyl (C=O) groups is 2. The number of hydrogen-bond acceptors (Lipinski definition) is 4. The molecule has 1 amide bonds. The van der Waals surface area contributed by atoms with Gasteiger partial charge >= 0.3 is 5.97 Å². The van der Waals surface area contributed by atoms with Crippen LogP contribution in [0.15, 0.2) is 0 Å². The molecule has 5 nitrogen and oxygen atoms in total. The molecule has 0 atom stereocenters. The molecular formula is C15H28N2O3. The fourth-order valence-electron chi connectivity index (χ4n) is 2.49. The summed E-state index contributed by atoms with van der Waals surface area (Å²) >= 11 is 0. The van der Waals surface area contributed by atoms with Crippen LogP contribution in [0.1, 0.15) is 45.4 Å². The highest BCUT2D eigenvalue weighted by Crippen LogP contribution is 2.11. The number of ether oxygens (including phenoxy) is 1. The summed E-state index contributed by atoms with van der Waals surface area (Å²) in [6, 6.07) is 0. The smallest absolute Gasteiger partial charge is 0.306 e. The van der Waals surface area contributed by atoms with Crippen molar-refractivity contribution in [1.29, 1.82) is 0 Å². The fraction of sp³-hybridized carbons (Fsp3) is 0.867. The minimum atomic E-state index is -0.220. The van der Waals surface area contributed by atoms with E-state index in [1.807, 2.05) is 16.7 Å². The number of likely N-dealkylation sites (N-methyl/N-ethyl adjacent to an activating group) is 1. The molecule has 0 unspecified atom stereocenters. The first kappa shape index (κ1) is 17.0. The molecular weight excluding hydrogens is 256 g/mol. The number of likely N-dealkylation sites (tertiary alicyclic amines) is 1. The van der Waals surface area contributed by atoms with Gasteiger partial charge in [-0.15, -0.1) is 0 Å². The molecule has 0 saturated carbocycles. The SMILES string of the molecule is CCN(CCC(=O)OC)CC(=O)N1CCCCCCC1. The van der Waals surface area contributed by atoms with Crippen LogP contribution in [0.2, 0.25) is 0 Å². The van der Waals surface area contributed by atoms with Crippen molar-refractivity contribution in [3.05, 3.63) is 0 Å². The summed E-state index contributed by atoms with van der Waals surface area (Å²) in [5.41, 5.74) is 0. The van der Waals surface area contributed by atoms with Gasteiger partial charge in [-0.2, -0.15) is 0 Å². The lowest BCUT2D eigenvalue weighted by atomic mass is 10.1. The molecule has 0 bridgehead atoms. The third kappa shape index (κ3) is 6.37. The minimum absolute atomic E-state index is 0.193. The predicted molar refractivity (Wildman–Crippen MR) is 78.4 cm³/mol. The normalized spacial score (nSPS) is 16.6. The van der Waals surface area contributed by atoms with Crippen molar-refractivity contribution in [2.75, 3.05) is 39.8 Å². The van der Waals surface area contributed by atoms with Crippen LogP contribution in [0, 0.1) is 0 Å². The van der Waals surface area contributed by atoms with Crippen LogP contribution in [0.4, 0.5) is 0 Å². The van der Waals surface area contributed by atoms with Crippen LogP contribution in [0.3, 0.4) is 0 Å². The van der Waals surface area contributed by atoms with E-state index in [0.717, 1.165) is 32.5 Å². The Hall–Kier alpha value is -1.10. The first-order chi connectivity index (χ1) is 9.67. The van der Waals surface area contributed by atoms with Crippen molar-refractivity contribution in [2.45, 2.75) is 45.4 Å². The number of esters is 1. The van der Waals surface area contributed by atoms with E-state index in [0.29, 0.717) is 19.5 Å². The van der Waals surface area contributed by atoms with E-state index < -0.39 is 0 Å². The fourth-order valence-corrected chi connectivity index (χ4v) is 2.49. The lowest BCUT2D eigenvalue weighted by molar-refractivity contribution is -0.141. The van der Waals surface area contributed by atoms with Crippen molar-refractivity contribution in [1.82, 2.24) is 9.80 Å². The molecule has 1 heterocycles. The summed E-state index contributed by atoms with van der Waals surface area (Å²) in [6.45, 7) is 5.55. The number of nitrogens with zero attached hydrogens (tertiary/aromatic N) is 2. The molecule has 0 spiro atoms. The Kier molecular flexibility index (Phi) is 8.26. The zero-order valence-electron chi connectivity index (χ0n) is 12.9. The van der Waals surface area contributed by atoms with Gasteiger partial charge in [0.15, 0.2) is 0 Å². The van der Waals surface area contributed by atoms with E-state index in [9.17, 15) is 9.59 Å². The lowest BCUT2D eigenvalue weighted by Gasteiger charge is -2.28. The molecule has 0 aromatic heterocycles. The van der Waals surface area contributed by atoms with Gasteiger partial charge in [-0.25, -0.2) is 0 Å². The summed E-state index contributed by atoms with van der Waals surface area (Å²) in [5.74, 6) is -0.0271. The molecule has 5 heteroatoms. The quantitative estimate of drug-likeness (QED) is 0.696. The van der Waals surface area contributed by atoms with Crippen LogP contribution < -0.4 is 0 Å². The maximum absolute atomic E-state index is 12.3. The molecule has 1 aliphatic rings. The van der Waals surface area contributed by atoms with Crippen molar-refractivity contribution < 1.29 is 14.3 Å². The summed E-state index contributed by atoms with van der Waals surface area (Å²) in [5, 5.41) is 0. The zero-order valence-corrected chi connectivity index (χ0v) is 12.9. The molecule has 0 aromatic rings. The van der Waals surface area contributed by atoms with Gasteiger partial charge in [-0.3, -0.25) is 14.5 Å². The highest BCUT2D eigenvalue weighted by Gasteiger charge is 2.17. The maximum atomic E-state index is 12.3. The summed E-state index contributed by atoms with van der Waals surface area (Å²) < 4.78 is 4.64. The largest absolute Gasteiger partial charge is 0.469 e. The van der Waals surface area contributed by atoms with E-state index in [4.69, 9.17) is 0 Å². The molecule has 1 saturated heterocycles. The molecule has 0 aromatic carbocycles. The third-order valence-electron chi connectivity index (χ3n) is 3.87. The third-order valence-corrected chi connectivity index (χ3v) is 3.87. The Labute approximate surface area is 122 Å². The lowest BCUT2D eigenvalue weighted by Crippen LogP contribution is -2.42. The van der Waals surface area contributed by atoms with Gasteiger partial charge in [0.2, 0.25) is 5.91 Å². The molecule has 0 radical (unpaired) electrons. The maximum Gasteiger partial charge on any atom is 0.306 e. The molecule has 1 fully saturated rings. The molecule has 20 heavy (non-hydrogen) atoms. The van der Waals surface area contributed by atoms with Crippen LogP contribution in [0.5, 0.6) is 0 Å². The Balaban J connectivity index is 2.38. The summed E-state index contributed by atoms with van der Waals surface area (Å²) in [4.78, 5) is 27.5. The predicted octanol–water partition coefficient (Wildman–Crippen LogP) is 1.66. The van der Waals surface area contributed by atoms with Gasteiger partial charge in [-0.05, 0) is 19.4 Å². The molecule has 116 valence electrons. The molecule has 1 rings (SSSR count). The van der Waals surface area contributed by atoms with Crippen LogP contribution in [-0.4, -0.2) is 61.5 Å². The van der Waals surface area contributed by atoms with Gasteiger partial charge in [0.25, 0.3) is 0 Å². The van der Waals surface area contributed by atoms with E-state index >= 15 is 0 Å². The second-order valence-electron chi connectivity index (χ2n) is 5.34. The van der Waals surface area contributed by atoms with Gasteiger partial charge in [0.05, 0.1) is 20.1 Å². The van der Waals surface area contributed by atoms with Crippen LogP contribution in [0.25, 0.3) is 0 Å². The number of amides is 1. The average molecular weight is 284 g/mol. The minimum Gasteiger partial charge on any atom is -0.469 e. The second-order valence-corrected chi connectivity index (χ2v) is 5.34. The number of hydrogen-bond donors (Lipinski definition) is 0. The second kappa shape index (κ2) is 9.75. The van der Waals surface area contributed by atoms with Gasteiger partial charge in [0.1, 0.15) is 0 Å². The van der Waals surface area contributed by atoms with E-state index in [1.54, 1.807) is 0 Å². The van der Waals surface area contributed by atoms with Crippen LogP contribution >= 0.6 is 0 Å². The van der Waals surface area contributed by atoms with E-state index in [2.05, 4.69) is 4.74 Å². The standard InChI is InChI=1S/C15H28N2O3/c1-3-16(12-9-15(19)20-2)13-14(18)17-10-7-5-4-6-8-11-17/h3-13H2,1-2H3. The first-order valence-corrected chi connectivity index (χ1v) is 7.74. The van der Waals surface area contributed by atoms with E-state index in [1.165, 1.54) is 26.4 Å². The summed E-state index contributed by atoms with van der Waals surface area (Å²) in [6.07, 6.45) is 6.31. The Morgan fingerprint density at radius 1 is 1.10 bits per heavy atom. The van der Waals surface area contributed by atoms with Crippen molar-refractivity contribution in [3.8, 4) is 0 Å². The molecule has 0 aliphatic carbocycles. The average Bonchev–Trinajstić information content (AvgIpc) is 2.42. The highest BCUT2D eigenvalue weighted by atomic mass is 16.5. The Morgan fingerprint density at radius 3 is 2.25 bits per heavy atom. The van der Waals surface area contributed by atoms with Crippen molar-refractivity contribution in [3.63, 3.8) is 0 Å². The number of methoxy groups -OCH3 is 1. The zero-order chi connectivity index (χ0) is 14.8. The first-order valence-electron chi connectivity index (χ1n) is 7.74. The number of rotatable bonds is 6. The summed E-state index contributed by atoms with van der Waals surface area (Å²) in [7, 11) is 1.39. The molecule has 1 aliphatic heterocycles. The Bertz CT molecular complexity index is 299. The van der Waals surface area contributed by atoms with Crippen LogP contribution in [-0.2, 0) is 14.3 Å². The van der Waals surface area contributed by atoms with Gasteiger partial charge < -0.3 is 9.64 Å². The highest BCUT2D eigenvalue weighted by molar-refractivity contribution is 5.78. The van der Waals surface area contributed by atoms with E-state index in [-0.39, 0.29) is 11.9 Å². The van der Waals surface area contributed by atoms with Gasteiger partial charge in [0, 0.05) is 19.6 Å². The van der Waals surface area contributed by atoms with Crippen molar-refractivity contribution in [2.24, 2.45) is 0 Å². The molecule has 0 N–H and O–H groups in total. The van der Waals surface area contributed by atoms with Gasteiger partial charge in [-0.1, -0.05) is 26.2 Å². The topological polar surface area (TPSA) is 49.9 Å². The Morgan fingerprint density at radius 2 is 1.70 bits per heavy atom. The number of carbonyl (C=O) groups excluding carboxylic acids is 2. The monoisotopic (exact) mass is 284 g/mol. The van der Waals surface area contributed by atoms with Crippen molar-refractivity contribution >= 4 is 11.9 Å².